The molecule has 1 aromatic rings. The van der Waals surface area contributed by atoms with E-state index in [1.165, 1.54) is 6.42 Å². The van der Waals surface area contributed by atoms with Gasteiger partial charge in [-0.1, -0.05) is 0 Å². The highest BCUT2D eigenvalue weighted by atomic mass is 16.5. The monoisotopic (exact) mass is 225 g/mol. The molecule has 1 atom stereocenters. The fourth-order valence-electron chi connectivity index (χ4n) is 1.80. The lowest BCUT2D eigenvalue weighted by Crippen LogP contribution is -2.15. The molecule has 0 aliphatic carbocycles. The van der Waals surface area contributed by atoms with Crippen molar-refractivity contribution in [2.75, 3.05) is 33.4 Å². The van der Waals surface area contributed by atoms with Crippen molar-refractivity contribution in [3.8, 4) is 5.75 Å². The standard InChI is InChI=1S/C11H19N3O2/c1-15-5-4-14-8-11(7-13-14)16-9-10-2-3-12-6-10/h7-8,10,12H,2-6,9H2,1H3. The minimum atomic E-state index is 0.641. The summed E-state index contributed by atoms with van der Waals surface area (Å²) in [6.07, 6.45) is 4.89. The van der Waals surface area contributed by atoms with E-state index >= 15 is 0 Å². The lowest BCUT2D eigenvalue weighted by atomic mass is 10.1. The molecule has 5 nitrogen and oxygen atoms in total. The van der Waals surface area contributed by atoms with Crippen LogP contribution >= 0.6 is 0 Å². The molecular weight excluding hydrogens is 206 g/mol. The number of aromatic nitrogens is 2. The molecule has 0 radical (unpaired) electrons. The maximum absolute atomic E-state index is 5.69. The molecule has 1 aliphatic rings. The third-order valence-electron chi connectivity index (χ3n) is 2.78. The van der Waals surface area contributed by atoms with Crippen LogP contribution in [0.4, 0.5) is 0 Å². The first kappa shape index (κ1) is 11.4. The lowest BCUT2D eigenvalue weighted by molar-refractivity contribution is 0.183. The highest BCUT2D eigenvalue weighted by Gasteiger charge is 2.15. The number of hydrogen-bond acceptors (Lipinski definition) is 4. The molecule has 1 saturated heterocycles. The highest BCUT2D eigenvalue weighted by molar-refractivity contribution is 5.11. The van der Waals surface area contributed by atoms with Crippen molar-refractivity contribution in [3.63, 3.8) is 0 Å². The van der Waals surface area contributed by atoms with Gasteiger partial charge in [-0.05, 0) is 13.0 Å². The predicted octanol–water partition coefficient (Wildman–Crippen LogP) is 0.518. The molecule has 1 unspecified atom stereocenters. The summed E-state index contributed by atoms with van der Waals surface area (Å²) in [5, 5.41) is 7.52. The summed E-state index contributed by atoms with van der Waals surface area (Å²) in [7, 11) is 1.69. The van der Waals surface area contributed by atoms with Gasteiger partial charge >= 0.3 is 0 Å². The first-order valence-electron chi connectivity index (χ1n) is 5.73. The Bertz CT molecular complexity index is 308. The molecule has 0 spiro atoms. The van der Waals surface area contributed by atoms with E-state index in [0.717, 1.165) is 32.0 Å². The number of ether oxygens (including phenoxy) is 2. The summed E-state index contributed by atoms with van der Waals surface area (Å²) in [6.45, 7) is 4.40. The van der Waals surface area contributed by atoms with Gasteiger partial charge < -0.3 is 14.8 Å². The van der Waals surface area contributed by atoms with Gasteiger partial charge in [-0.2, -0.15) is 5.10 Å². The molecule has 2 rings (SSSR count). The van der Waals surface area contributed by atoms with Crippen LogP contribution in [-0.2, 0) is 11.3 Å². The third kappa shape index (κ3) is 3.21. The largest absolute Gasteiger partial charge is 0.490 e. The van der Waals surface area contributed by atoms with E-state index < -0.39 is 0 Å². The Morgan fingerprint density at radius 3 is 3.31 bits per heavy atom. The maximum Gasteiger partial charge on any atom is 0.157 e. The number of hydrogen-bond donors (Lipinski definition) is 1. The first-order chi connectivity index (χ1) is 7.88. The van der Waals surface area contributed by atoms with Gasteiger partial charge in [0, 0.05) is 19.6 Å². The first-order valence-corrected chi connectivity index (χ1v) is 5.73. The van der Waals surface area contributed by atoms with Crippen LogP contribution < -0.4 is 10.1 Å². The smallest absolute Gasteiger partial charge is 0.157 e. The van der Waals surface area contributed by atoms with Crippen molar-refractivity contribution in [2.45, 2.75) is 13.0 Å². The number of methoxy groups -OCH3 is 1. The topological polar surface area (TPSA) is 48.3 Å². The molecule has 90 valence electrons. The Hall–Kier alpha value is -1.07. The molecule has 1 aliphatic heterocycles. The second kappa shape index (κ2) is 5.86. The van der Waals surface area contributed by atoms with Crippen molar-refractivity contribution in [1.82, 2.24) is 15.1 Å². The van der Waals surface area contributed by atoms with Gasteiger partial charge in [-0.25, -0.2) is 0 Å². The lowest BCUT2D eigenvalue weighted by Gasteiger charge is -2.08. The Kier molecular flexibility index (Phi) is 4.18. The van der Waals surface area contributed by atoms with E-state index in [-0.39, 0.29) is 0 Å². The van der Waals surface area contributed by atoms with E-state index in [1.807, 2.05) is 10.9 Å². The summed E-state index contributed by atoms with van der Waals surface area (Å²) in [4.78, 5) is 0. The van der Waals surface area contributed by atoms with Crippen molar-refractivity contribution >= 4 is 0 Å². The molecule has 0 aromatic carbocycles. The van der Waals surface area contributed by atoms with E-state index in [9.17, 15) is 0 Å². The van der Waals surface area contributed by atoms with E-state index in [2.05, 4.69) is 10.4 Å². The third-order valence-corrected chi connectivity index (χ3v) is 2.78. The van der Waals surface area contributed by atoms with E-state index in [4.69, 9.17) is 9.47 Å². The van der Waals surface area contributed by atoms with Gasteiger partial charge in [0.15, 0.2) is 5.75 Å². The molecule has 16 heavy (non-hydrogen) atoms. The quantitative estimate of drug-likeness (QED) is 0.766. The highest BCUT2D eigenvalue weighted by Crippen LogP contribution is 2.13. The summed E-state index contributed by atoms with van der Waals surface area (Å²) in [5.74, 6) is 1.49. The number of nitrogens with zero attached hydrogens (tertiary/aromatic N) is 2. The van der Waals surface area contributed by atoms with Crippen molar-refractivity contribution in [3.05, 3.63) is 12.4 Å². The molecule has 1 aromatic heterocycles. The summed E-state index contributed by atoms with van der Waals surface area (Å²) < 4.78 is 12.5. The second-order valence-corrected chi connectivity index (χ2v) is 4.10. The number of nitrogens with one attached hydrogen (secondary N) is 1. The van der Waals surface area contributed by atoms with Crippen LogP contribution in [-0.4, -0.2) is 43.2 Å². The van der Waals surface area contributed by atoms with Gasteiger partial charge in [-0.3, -0.25) is 4.68 Å². The fourth-order valence-corrected chi connectivity index (χ4v) is 1.80. The Labute approximate surface area is 95.7 Å². The maximum atomic E-state index is 5.69. The van der Waals surface area contributed by atoms with Gasteiger partial charge in [0.1, 0.15) is 0 Å². The van der Waals surface area contributed by atoms with Crippen LogP contribution in [0.1, 0.15) is 6.42 Å². The van der Waals surface area contributed by atoms with Crippen LogP contribution in [0, 0.1) is 5.92 Å². The molecule has 5 heteroatoms. The van der Waals surface area contributed by atoms with E-state index in [0.29, 0.717) is 12.5 Å². The molecule has 2 heterocycles. The van der Waals surface area contributed by atoms with Crippen LogP contribution in [0.3, 0.4) is 0 Å². The average molecular weight is 225 g/mol. The van der Waals surface area contributed by atoms with Crippen LogP contribution in [0.2, 0.25) is 0 Å². The Morgan fingerprint density at radius 1 is 1.62 bits per heavy atom. The predicted molar refractivity (Wildman–Crippen MR) is 60.6 cm³/mol. The summed E-state index contributed by atoms with van der Waals surface area (Å²) in [5.41, 5.74) is 0. The van der Waals surface area contributed by atoms with Crippen molar-refractivity contribution < 1.29 is 9.47 Å². The zero-order chi connectivity index (χ0) is 11.2. The van der Waals surface area contributed by atoms with Crippen molar-refractivity contribution in [2.24, 2.45) is 5.92 Å². The van der Waals surface area contributed by atoms with E-state index in [1.54, 1.807) is 13.3 Å². The molecule has 1 N–H and O–H groups in total. The summed E-state index contributed by atoms with van der Waals surface area (Å²) >= 11 is 0. The minimum absolute atomic E-state index is 0.641. The van der Waals surface area contributed by atoms with Gasteiger partial charge in [0.05, 0.1) is 32.2 Å². The Balaban J connectivity index is 1.73. The van der Waals surface area contributed by atoms with Crippen LogP contribution in [0.25, 0.3) is 0 Å². The van der Waals surface area contributed by atoms with Crippen LogP contribution in [0.15, 0.2) is 12.4 Å². The molecular formula is C11H19N3O2. The Morgan fingerprint density at radius 2 is 2.56 bits per heavy atom. The van der Waals surface area contributed by atoms with Gasteiger partial charge in [0.25, 0.3) is 0 Å². The van der Waals surface area contributed by atoms with Gasteiger partial charge in [-0.15, -0.1) is 0 Å². The minimum Gasteiger partial charge on any atom is -0.490 e. The zero-order valence-corrected chi connectivity index (χ0v) is 9.69. The zero-order valence-electron chi connectivity index (χ0n) is 9.69. The van der Waals surface area contributed by atoms with Crippen molar-refractivity contribution in [1.29, 1.82) is 0 Å². The van der Waals surface area contributed by atoms with Crippen LogP contribution in [0.5, 0.6) is 5.75 Å². The molecule has 0 saturated carbocycles. The summed E-state index contributed by atoms with van der Waals surface area (Å²) in [6, 6.07) is 0. The molecule has 0 amide bonds. The molecule has 0 bridgehead atoms. The average Bonchev–Trinajstić information content (AvgIpc) is 2.95. The molecule has 1 fully saturated rings. The second-order valence-electron chi connectivity index (χ2n) is 4.10. The number of rotatable bonds is 6. The SMILES string of the molecule is COCCn1cc(OCC2CCNC2)cn1. The van der Waals surface area contributed by atoms with Gasteiger partial charge in [0.2, 0.25) is 0 Å². The fraction of sp³-hybridized carbons (Fsp3) is 0.727. The normalized spacial score (nSPS) is 20.2.